The molecule has 19 heavy (non-hydrogen) atoms. The largest absolute Gasteiger partial charge is 0.379 e. The van der Waals surface area contributed by atoms with Crippen molar-refractivity contribution in [3.8, 4) is 0 Å². The lowest BCUT2D eigenvalue weighted by Gasteiger charge is -2.24. The fourth-order valence-electron chi connectivity index (χ4n) is 1.68. The van der Waals surface area contributed by atoms with Crippen LogP contribution >= 0.6 is 0 Å². The molecule has 1 N–H and O–H groups in total. The molecule has 1 saturated heterocycles. The Morgan fingerprint density at radius 1 is 1.11 bits per heavy atom. The highest BCUT2D eigenvalue weighted by atomic mass is 16.5. The number of nitrogens with one attached hydrogen (secondary N) is 1. The van der Waals surface area contributed by atoms with Gasteiger partial charge in [0.25, 0.3) is 0 Å². The van der Waals surface area contributed by atoms with E-state index in [1.807, 2.05) is 13.8 Å². The van der Waals surface area contributed by atoms with Gasteiger partial charge < -0.3 is 10.1 Å². The summed E-state index contributed by atoms with van der Waals surface area (Å²) in [6.07, 6.45) is 4.01. The van der Waals surface area contributed by atoms with Gasteiger partial charge in [0.2, 0.25) is 0 Å². The normalized spacial score (nSPS) is 15.3. The van der Waals surface area contributed by atoms with Crippen LogP contribution in [-0.4, -0.2) is 50.3 Å². The van der Waals surface area contributed by atoms with Crippen LogP contribution in [0.4, 0.5) is 0 Å². The monoisotopic (exact) mass is 276 g/mol. The molecule has 0 amide bonds. The fraction of sp³-hybridized carbons (Fsp3) is 1.00. The van der Waals surface area contributed by atoms with E-state index in [4.69, 9.17) is 4.74 Å². The Hall–Kier alpha value is -0.120. The Labute approximate surface area is 123 Å². The molecule has 1 fully saturated rings. The number of morpholine rings is 1. The first kappa shape index (κ1) is 21.2. The smallest absolute Gasteiger partial charge is 0.0594 e. The zero-order valence-electron chi connectivity index (χ0n) is 14.3. The molecular formula is C16H40N2O. The summed E-state index contributed by atoms with van der Waals surface area (Å²) >= 11 is 0. The second kappa shape index (κ2) is 17.9. The summed E-state index contributed by atoms with van der Waals surface area (Å²) in [5, 5.41) is 3.38. The molecule has 1 heterocycles. The van der Waals surface area contributed by atoms with Crippen molar-refractivity contribution in [3.63, 3.8) is 0 Å². The molecule has 120 valence electrons. The Balaban J connectivity index is -0.000000246. The minimum Gasteiger partial charge on any atom is -0.379 e. The summed E-state index contributed by atoms with van der Waals surface area (Å²) in [4.78, 5) is 2.39. The van der Waals surface area contributed by atoms with Crippen LogP contribution in [0.2, 0.25) is 0 Å². The maximum absolute atomic E-state index is 5.16. The maximum Gasteiger partial charge on any atom is 0.0594 e. The Kier molecular flexibility index (Phi) is 19.9. The van der Waals surface area contributed by atoms with Crippen LogP contribution < -0.4 is 5.32 Å². The topological polar surface area (TPSA) is 24.5 Å². The summed E-state index contributed by atoms with van der Waals surface area (Å²) in [6, 6.07) is 0.654. The van der Waals surface area contributed by atoms with Crippen LogP contribution in [0.1, 0.15) is 62.2 Å². The summed E-state index contributed by atoms with van der Waals surface area (Å²) in [5.74, 6) is 0. The summed E-state index contributed by atoms with van der Waals surface area (Å²) in [7, 11) is 0. The van der Waals surface area contributed by atoms with E-state index in [2.05, 4.69) is 37.9 Å². The third-order valence-electron chi connectivity index (χ3n) is 2.88. The number of rotatable bonds is 6. The van der Waals surface area contributed by atoms with Crippen molar-refractivity contribution in [1.29, 1.82) is 0 Å². The molecule has 3 heteroatoms. The molecule has 1 aliphatic rings. The summed E-state index contributed by atoms with van der Waals surface area (Å²) in [6.45, 7) is 19.2. The SMILES string of the molecule is CC.CCCCCNC(C)C.CCN1CCOCC1.[HH]. The van der Waals surface area contributed by atoms with Crippen molar-refractivity contribution in [2.75, 3.05) is 39.4 Å². The van der Waals surface area contributed by atoms with Gasteiger partial charge in [-0.15, -0.1) is 0 Å². The second-order valence-corrected chi connectivity index (χ2v) is 4.86. The molecule has 0 unspecified atom stereocenters. The van der Waals surface area contributed by atoms with Crippen molar-refractivity contribution in [1.82, 2.24) is 10.2 Å². The van der Waals surface area contributed by atoms with Gasteiger partial charge in [-0.2, -0.15) is 0 Å². The third-order valence-corrected chi connectivity index (χ3v) is 2.88. The minimum absolute atomic E-state index is 0. The van der Waals surface area contributed by atoms with E-state index in [0.29, 0.717) is 6.04 Å². The molecule has 0 atom stereocenters. The lowest BCUT2D eigenvalue weighted by Crippen LogP contribution is -2.35. The first-order valence-corrected chi connectivity index (χ1v) is 8.24. The molecule has 0 spiro atoms. The Bertz CT molecular complexity index is 151. The lowest BCUT2D eigenvalue weighted by atomic mass is 10.2. The molecule has 0 bridgehead atoms. The van der Waals surface area contributed by atoms with Gasteiger partial charge in [-0.1, -0.05) is 54.4 Å². The van der Waals surface area contributed by atoms with Crippen molar-refractivity contribution in [2.24, 2.45) is 0 Å². The third kappa shape index (κ3) is 17.9. The molecule has 0 aromatic carbocycles. The Morgan fingerprint density at radius 2 is 1.68 bits per heavy atom. The van der Waals surface area contributed by atoms with E-state index in [-0.39, 0.29) is 1.43 Å². The molecule has 1 aliphatic heterocycles. The lowest BCUT2D eigenvalue weighted by molar-refractivity contribution is 0.0405. The van der Waals surface area contributed by atoms with E-state index in [1.165, 1.54) is 32.4 Å². The highest BCUT2D eigenvalue weighted by Gasteiger charge is 2.05. The molecular weight excluding hydrogens is 236 g/mol. The summed E-state index contributed by atoms with van der Waals surface area (Å²) < 4.78 is 5.16. The Morgan fingerprint density at radius 3 is 2.05 bits per heavy atom. The van der Waals surface area contributed by atoms with Crippen molar-refractivity contribution in [2.45, 2.75) is 66.8 Å². The molecule has 0 aromatic rings. The first-order valence-electron chi connectivity index (χ1n) is 8.24. The average molecular weight is 277 g/mol. The van der Waals surface area contributed by atoms with Crippen molar-refractivity contribution in [3.05, 3.63) is 0 Å². The van der Waals surface area contributed by atoms with E-state index >= 15 is 0 Å². The quantitative estimate of drug-likeness (QED) is 0.747. The van der Waals surface area contributed by atoms with Gasteiger partial charge in [-0.3, -0.25) is 4.90 Å². The molecule has 1 rings (SSSR count). The highest BCUT2D eigenvalue weighted by Crippen LogP contribution is 1.93. The molecule has 0 aromatic heterocycles. The van der Waals surface area contributed by atoms with E-state index < -0.39 is 0 Å². The number of hydrogen-bond donors (Lipinski definition) is 1. The number of ether oxygens (including phenoxy) is 1. The zero-order chi connectivity index (χ0) is 14.9. The summed E-state index contributed by atoms with van der Waals surface area (Å²) in [5.41, 5.74) is 0. The van der Waals surface area contributed by atoms with Gasteiger partial charge in [0, 0.05) is 20.6 Å². The zero-order valence-corrected chi connectivity index (χ0v) is 14.3. The molecule has 3 nitrogen and oxygen atoms in total. The van der Waals surface area contributed by atoms with Crippen LogP contribution in [0, 0.1) is 0 Å². The van der Waals surface area contributed by atoms with E-state index in [9.17, 15) is 0 Å². The minimum atomic E-state index is 0. The highest BCUT2D eigenvalue weighted by molar-refractivity contribution is 4.57. The molecule has 0 saturated carbocycles. The predicted molar refractivity (Wildman–Crippen MR) is 89.1 cm³/mol. The van der Waals surface area contributed by atoms with Crippen LogP contribution in [0.15, 0.2) is 0 Å². The van der Waals surface area contributed by atoms with Crippen LogP contribution in [0.25, 0.3) is 0 Å². The number of nitrogens with zero attached hydrogens (tertiary/aromatic N) is 1. The predicted octanol–water partition coefficient (Wildman–Crippen LogP) is 3.79. The maximum atomic E-state index is 5.16. The standard InChI is InChI=1S/C8H19N.C6H13NO.C2H6.H2/c1-4-5-6-7-9-8(2)3;1-2-7-3-5-8-6-4-7;1-2;/h8-9H,4-7H2,1-3H3;2-6H2,1H3;1-2H3;1H. The van der Waals surface area contributed by atoms with Gasteiger partial charge in [0.05, 0.1) is 13.2 Å². The number of hydrogen-bond acceptors (Lipinski definition) is 3. The number of unbranched alkanes of at least 4 members (excludes halogenated alkanes) is 2. The van der Waals surface area contributed by atoms with Gasteiger partial charge in [-0.05, 0) is 19.5 Å². The average Bonchev–Trinajstić information content (AvgIpc) is 2.47. The van der Waals surface area contributed by atoms with Gasteiger partial charge in [-0.25, -0.2) is 0 Å². The van der Waals surface area contributed by atoms with E-state index in [1.54, 1.807) is 0 Å². The van der Waals surface area contributed by atoms with Gasteiger partial charge >= 0.3 is 0 Å². The fourth-order valence-corrected chi connectivity index (χ4v) is 1.68. The second-order valence-electron chi connectivity index (χ2n) is 4.86. The van der Waals surface area contributed by atoms with E-state index in [0.717, 1.165) is 26.3 Å². The van der Waals surface area contributed by atoms with Gasteiger partial charge in [0.15, 0.2) is 0 Å². The first-order chi connectivity index (χ1) is 9.20. The van der Waals surface area contributed by atoms with Crippen LogP contribution in [-0.2, 0) is 4.74 Å². The van der Waals surface area contributed by atoms with Crippen LogP contribution in [0.3, 0.4) is 0 Å². The van der Waals surface area contributed by atoms with Crippen LogP contribution in [0.5, 0.6) is 0 Å². The van der Waals surface area contributed by atoms with Crippen molar-refractivity contribution < 1.29 is 6.16 Å². The molecule has 0 radical (unpaired) electrons. The molecule has 0 aliphatic carbocycles. The number of likely N-dealkylation sites (N-methyl/N-ethyl adjacent to an activating group) is 1. The van der Waals surface area contributed by atoms with Crippen molar-refractivity contribution >= 4 is 0 Å². The van der Waals surface area contributed by atoms with Gasteiger partial charge in [0.1, 0.15) is 0 Å².